The molecule has 31 heavy (non-hydrogen) atoms. The van der Waals surface area contributed by atoms with E-state index in [9.17, 15) is 17.6 Å². The number of anilines is 2. The molecule has 1 fully saturated rings. The van der Waals surface area contributed by atoms with E-state index in [1.807, 2.05) is 5.38 Å². The normalized spacial score (nSPS) is 14.5. The molecule has 0 bridgehead atoms. The molecule has 1 N–H and O–H groups in total. The largest absolute Gasteiger partial charge is 0.345 e. The predicted octanol–water partition coefficient (Wildman–Crippen LogP) is 3.70. The zero-order valence-electron chi connectivity index (χ0n) is 16.2. The minimum absolute atomic E-state index is 0.0141. The van der Waals surface area contributed by atoms with Crippen molar-refractivity contribution in [3.8, 4) is 0 Å². The minimum Gasteiger partial charge on any atom is -0.345 e. The van der Waals surface area contributed by atoms with E-state index in [1.165, 1.54) is 30.3 Å². The van der Waals surface area contributed by atoms with Gasteiger partial charge in [0.15, 0.2) is 5.13 Å². The number of nitrogens with zero attached hydrogens (tertiary/aromatic N) is 3. The molecule has 1 saturated heterocycles. The summed E-state index contributed by atoms with van der Waals surface area (Å²) in [6, 6.07) is 9.06. The number of hydrogen-bond acceptors (Lipinski definition) is 6. The smallest absolute Gasteiger partial charge is 0.263 e. The standard InChI is InChI=1S/C20H18ClFN4O3S2/c21-17-6-1-14(13-18(17)31(28,29)24-16-4-2-15(22)3-5-16)19(27)25-8-10-26(11-9-25)20-23-7-12-30-20/h1-7,12-13,24H,8-11H2. The monoisotopic (exact) mass is 480 g/mol. The van der Waals surface area contributed by atoms with E-state index in [1.54, 1.807) is 22.4 Å². The molecular weight excluding hydrogens is 463 g/mol. The summed E-state index contributed by atoms with van der Waals surface area (Å²) < 4.78 is 41.0. The quantitative estimate of drug-likeness (QED) is 0.602. The fourth-order valence-corrected chi connectivity index (χ4v) is 5.51. The highest BCUT2D eigenvalue weighted by Crippen LogP contribution is 2.26. The summed E-state index contributed by atoms with van der Waals surface area (Å²) in [6.45, 7) is 2.28. The summed E-state index contributed by atoms with van der Waals surface area (Å²) in [5.41, 5.74) is 0.416. The molecule has 0 radical (unpaired) electrons. The fraction of sp³-hybridized carbons (Fsp3) is 0.200. The predicted molar refractivity (Wildman–Crippen MR) is 119 cm³/mol. The van der Waals surface area contributed by atoms with Gasteiger partial charge in [0.2, 0.25) is 0 Å². The number of piperazine rings is 1. The molecule has 2 aromatic carbocycles. The van der Waals surface area contributed by atoms with Crippen LogP contribution in [0.3, 0.4) is 0 Å². The average Bonchev–Trinajstić information content (AvgIpc) is 3.30. The summed E-state index contributed by atoms with van der Waals surface area (Å²) in [5, 5.41) is 2.81. The number of thiazole rings is 1. The molecule has 1 aliphatic rings. The van der Waals surface area contributed by atoms with Gasteiger partial charge in [0.05, 0.1) is 5.02 Å². The van der Waals surface area contributed by atoms with E-state index in [2.05, 4.69) is 14.6 Å². The summed E-state index contributed by atoms with van der Waals surface area (Å²) in [5.74, 6) is -0.753. The van der Waals surface area contributed by atoms with Crippen molar-refractivity contribution in [1.29, 1.82) is 0 Å². The van der Waals surface area contributed by atoms with Crippen LogP contribution >= 0.6 is 22.9 Å². The summed E-state index contributed by atoms with van der Waals surface area (Å²) in [7, 11) is -4.07. The topological polar surface area (TPSA) is 82.6 Å². The Bertz CT molecular complexity index is 1180. The van der Waals surface area contributed by atoms with E-state index in [-0.39, 0.29) is 27.1 Å². The summed E-state index contributed by atoms with van der Waals surface area (Å²) >= 11 is 7.67. The fourth-order valence-electron chi connectivity index (χ4n) is 3.23. The maximum absolute atomic E-state index is 13.1. The molecule has 0 aliphatic carbocycles. The molecule has 0 saturated carbocycles. The first-order chi connectivity index (χ1) is 14.8. The van der Waals surface area contributed by atoms with Crippen LogP contribution in [-0.2, 0) is 10.0 Å². The van der Waals surface area contributed by atoms with Gasteiger partial charge in [-0.15, -0.1) is 11.3 Å². The molecule has 0 unspecified atom stereocenters. The van der Waals surface area contributed by atoms with Crippen LogP contribution in [0.2, 0.25) is 5.02 Å². The number of benzene rings is 2. The zero-order chi connectivity index (χ0) is 22.0. The summed E-state index contributed by atoms with van der Waals surface area (Å²) in [4.78, 5) is 20.8. The van der Waals surface area contributed by atoms with Crippen molar-refractivity contribution in [2.24, 2.45) is 0 Å². The summed E-state index contributed by atoms with van der Waals surface area (Å²) in [6.07, 6.45) is 1.74. The second kappa shape index (κ2) is 8.81. The van der Waals surface area contributed by atoms with Crippen LogP contribution < -0.4 is 9.62 Å². The lowest BCUT2D eigenvalue weighted by molar-refractivity contribution is 0.0746. The number of nitrogens with one attached hydrogen (secondary N) is 1. The number of halogens is 2. The number of hydrogen-bond donors (Lipinski definition) is 1. The van der Waals surface area contributed by atoms with Gasteiger partial charge in [-0.25, -0.2) is 17.8 Å². The van der Waals surface area contributed by atoms with Crippen LogP contribution in [0.5, 0.6) is 0 Å². The number of carbonyl (C=O) groups is 1. The molecule has 1 aromatic heterocycles. The van der Waals surface area contributed by atoms with Crippen molar-refractivity contribution in [3.05, 3.63) is 70.4 Å². The molecule has 0 spiro atoms. The molecule has 162 valence electrons. The van der Waals surface area contributed by atoms with Crippen LogP contribution in [0.4, 0.5) is 15.2 Å². The Morgan fingerprint density at radius 2 is 1.81 bits per heavy atom. The van der Waals surface area contributed by atoms with E-state index < -0.39 is 15.8 Å². The average molecular weight is 481 g/mol. The molecule has 7 nitrogen and oxygen atoms in total. The van der Waals surface area contributed by atoms with Gasteiger partial charge in [0.25, 0.3) is 15.9 Å². The minimum atomic E-state index is -4.07. The van der Waals surface area contributed by atoms with Crippen molar-refractivity contribution in [2.75, 3.05) is 35.8 Å². The molecule has 11 heteroatoms. The van der Waals surface area contributed by atoms with Crippen LogP contribution in [-0.4, -0.2) is 50.4 Å². The van der Waals surface area contributed by atoms with Crippen molar-refractivity contribution in [2.45, 2.75) is 4.90 Å². The lowest BCUT2D eigenvalue weighted by atomic mass is 10.2. The third kappa shape index (κ3) is 4.81. The Kier molecular flexibility index (Phi) is 6.12. The maximum Gasteiger partial charge on any atom is 0.263 e. The third-order valence-electron chi connectivity index (χ3n) is 4.82. The second-order valence-electron chi connectivity index (χ2n) is 6.85. The number of aromatic nitrogens is 1. The maximum atomic E-state index is 13.1. The van der Waals surface area contributed by atoms with Crippen LogP contribution in [0.15, 0.2) is 58.9 Å². The Hall–Kier alpha value is -2.69. The molecule has 2 heterocycles. The van der Waals surface area contributed by atoms with Gasteiger partial charge in [-0.3, -0.25) is 9.52 Å². The second-order valence-corrected chi connectivity index (χ2v) is 9.78. The van der Waals surface area contributed by atoms with Gasteiger partial charge in [-0.1, -0.05) is 11.6 Å². The van der Waals surface area contributed by atoms with E-state index in [0.29, 0.717) is 26.2 Å². The Balaban J connectivity index is 1.50. The van der Waals surface area contributed by atoms with Crippen LogP contribution in [0, 0.1) is 5.82 Å². The molecule has 4 rings (SSSR count). The van der Waals surface area contributed by atoms with Gasteiger partial charge in [-0.2, -0.15) is 0 Å². The van der Waals surface area contributed by atoms with Crippen LogP contribution in [0.25, 0.3) is 0 Å². The number of carbonyl (C=O) groups excluding carboxylic acids is 1. The van der Waals surface area contributed by atoms with Gasteiger partial charge in [0, 0.05) is 49.0 Å². The van der Waals surface area contributed by atoms with E-state index in [0.717, 1.165) is 17.3 Å². The van der Waals surface area contributed by atoms with Crippen molar-refractivity contribution in [3.63, 3.8) is 0 Å². The van der Waals surface area contributed by atoms with Gasteiger partial charge in [0.1, 0.15) is 10.7 Å². The van der Waals surface area contributed by atoms with E-state index in [4.69, 9.17) is 11.6 Å². The number of sulfonamides is 1. The van der Waals surface area contributed by atoms with Gasteiger partial charge in [-0.05, 0) is 42.5 Å². The molecular formula is C20H18ClFN4O3S2. The Morgan fingerprint density at radius 1 is 1.10 bits per heavy atom. The van der Waals surface area contributed by atoms with Gasteiger partial charge >= 0.3 is 0 Å². The third-order valence-corrected chi connectivity index (χ3v) is 7.52. The zero-order valence-corrected chi connectivity index (χ0v) is 18.6. The number of amides is 1. The lowest BCUT2D eigenvalue weighted by Crippen LogP contribution is -2.48. The highest BCUT2D eigenvalue weighted by Gasteiger charge is 2.26. The Morgan fingerprint density at radius 3 is 2.45 bits per heavy atom. The van der Waals surface area contributed by atoms with Crippen molar-refractivity contribution >= 4 is 49.7 Å². The number of rotatable bonds is 5. The Labute approximate surface area is 188 Å². The molecule has 1 amide bonds. The molecule has 1 aliphatic heterocycles. The molecule has 0 atom stereocenters. The highest BCUT2D eigenvalue weighted by atomic mass is 35.5. The lowest BCUT2D eigenvalue weighted by Gasteiger charge is -2.34. The van der Waals surface area contributed by atoms with Crippen LogP contribution in [0.1, 0.15) is 10.4 Å². The first kappa shape index (κ1) is 21.5. The molecule has 3 aromatic rings. The highest BCUT2D eigenvalue weighted by molar-refractivity contribution is 7.92. The van der Waals surface area contributed by atoms with Crippen molar-refractivity contribution < 1.29 is 17.6 Å². The SMILES string of the molecule is O=C(c1ccc(Cl)c(S(=O)(=O)Nc2ccc(F)cc2)c1)N1CCN(c2nccs2)CC1. The first-order valence-electron chi connectivity index (χ1n) is 9.35. The van der Waals surface area contributed by atoms with Gasteiger partial charge < -0.3 is 9.80 Å². The van der Waals surface area contributed by atoms with Crippen molar-refractivity contribution in [1.82, 2.24) is 9.88 Å². The first-order valence-corrected chi connectivity index (χ1v) is 12.1. The van der Waals surface area contributed by atoms with E-state index >= 15 is 0 Å².